The zero-order valence-electron chi connectivity index (χ0n) is 15.3. The van der Waals surface area contributed by atoms with Gasteiger partial charge >= 0.3 is 0 Å². The molecule has 10 nitrogen and oxygen atoms in total. The molecule has 3 aromatic carbocycles. The highest BCUT2D eigenvalue weighted by molar-refractivity contribution is 5.69. The van der Waals surface area contributed by atoms with Gasteiger partial charge in [0, 0.05) is 17.7 Å². The van der Waals surface area contributed by atoms with Crippen molar-refractivity contribution < 1.29 is 19.3 Å². The smallest absolute Gasteiger partial charge is 0.273 e. The molecule has 2 aliphatic rings. The number of hydrogen-bond acceptors (Lipinski definition) is 8. The number of ether oxygens (including phenoxy) is 2. The zero-order chi connectivity index (χ0) is 20.9. The SMILES string of the molecule is O=[N+]([O-])c1ccc2c(c1)OC(C1(c3ccccc3)Nc3ccc([N+](=O)[O-])cc3O1)N2. The maximum Gasteiger partial charge on any atom is 0.273 e. The van der Waals surface area contributed by atoms with E-state index in [0.29, 0.717) is 28.4 Å². The van der Waals surface area contributed by atoms with Gasteiger partial charge in [-0.3, -0.25) is 20.2 Å². The summed E-state index contributed by atoms with van der Waals surface area (Å²) >= 11 is 0. The minimum atomic E-state index is -1.26. The third kappa shape index (κ3) is 2.65. The minimum Gasteiger partial charge on any atom is -0.461 e. The van der Waals surface area contributed by atoms with E-state index in [0.717, 1.165) is 0 Å². The van der Waals surface area contributed by atoms with E-state index in [9.17, 15) is 20.2 Å². The Kier molecular flexibility index (Phi) is 3.75. The summed E-state index contributed by atoms with van der Waals surface area (Å²) in [6.07, 6.45) is -0.802. The van der Waals surface area contributed by atoms with Crippen LogP contribution in [0.25, 0.3) is 0 Å². The Balaban J connectivity index is 1.56. The molecular weight excluding hydrogens is 392 g/mol. The van der Waals surface area contributed by atoms with Crippen LogP contribution in [0.15, 0.2) is 66.7 Å². The number of rotatable bonds is 4. The molecule has 0 fully saturated rings. The minimum absolute atomic E-state index is 0.0934. The van der Waals surface area contributed by atoms with Crippen molar-refractivity contribution in [2.24, 2.45) is 0 Å². The van der Waals surface area contributed by atoms with E-state index in [1.807, 2.05) is 30.3 Å². The van der Waals surface area contributed by atoms with Gasteiger partial charge in [-0.2, -0.15) is 0 Å². The monoisotopic (exact) mass is 406 g/mol. The van der Waals surface area contributed by atoms with Crippen LogP contribution in [0, 0.1) is 20.2 Å². The number of benzene rings is 3. The van der Waals surface area contributed by atoms with Crippen molar-refractivity contribution in [1.29, 1.82) is 0 Å². The van der Waals surface area contributed by atoms with Crippen molar-refractivity contribution in [3.8, 4) is 11.5 Å². The molecule has 5 rings (SSSR count). The van der Waals surface area contributed by atoms with Crippen LogP contribution in [0.1, 0.15) is 5.56 Å². The van der Waals surface area contributed by atoms with Gasteiger partial charge in [0.2, 0.25) is 6.23 Å². The lowest BCUT2D eigenvalue weighted by atomic mass is 10.0. The zero-order valence-corrected chi connectivity index (χ0v) is 15.3. The molecule has 2 N–H and O–H groups in total. The molecular formula is C20H14N4O6. The molecule has 30 heavy (non-hydrogen) atoms. The molecule has 0 aliphatic carbocycles. The van der Waals surface area contributed by atoms with E-state index < -0.39 is 21.8 Å². The van der Waals surface area contributed by atoms with Crippen molar-refractivity contribution in [2.75, 3.05) is 10.6 Å². The van der Waals surface area contributed by atoms with Gasteiger partial charge in [-0.25, -0.2) is 0 Å². The van der Waals surface area contributed by atoms with Crippen LogP contribution in [0.3, 0.4) is 0 Å². The van der Waals surface area contributed by atoms with E-state index in [4.69, 9.17) is 9.47 Å². The first-order valence-electron chi connectivity index (χ1n) is 8.99. The molecule has 150 valence electrons. The third-order valence-electron chi connectivity index (χ3n) is 5.05. The molecule has 2 atom stereocenters. The van der Waals surface area contributed by atoms with Crippen LogP contribution >= 0.6 is 0 Å². The van der Waals surface area contributed by atoms with Gasteiger partial charge < -0.3 is 20.1 Å². The summed E-state index contributed by atoms with van der Waals surface area (Å²) in [4.78, 5) is 21.3. The number of nitro groups is 2. The Bertz CT molecular complexity index is 1190. The second-order valence-corrected chi connectivity index (χ2v) is 6.85. The lowest BCUT2D eigenvalue weighted by molar-refractivity contribution is -0.385. The fourth-order valence-corrected chi connectivity index (χ4v) is 3.62. The van der Waals surface area contributed by atoms with E-state index in [1.54, 1.807) is 12.1 Å². The fraction of sp³-hybridized carbons (Fsp3) is 0.100. The predicted octanol–water partition coefficient (Wildman–Crippen LogP) is 3.99. The highest BCUT2D eigenvalue weighted by atomic mass is 16.6. The van der Waals surface area contributed by atoms with E-state index in [-0.39, 0.29) is 11.4 Å². The molecule has 0 amide bonds. The average Bonchev–Trinajstić information content (AvgIpc) is 3.35. The number of anilines is 2. The summed E-state index contributed by atoms with van der Waals surface area (Å²) in [6, 6.07) is 17.8. The van der Waals surface area contributed by atoms with Gasteiger partial charge in [-0.05, 0) is 12.1 Å². The summed E-state index contributed by atoms with van der Waals surface area (Å²) in [5, 5.41) is 28.7. The fourth-order valence-electron chi connectivity index (χ4n) is 3.62. The summed E-state index contributed by atoms with van der Waals surface area (Å²) in [5.41, 5.74) is 0.406. The van der Waals surface area contributed by atoms with Gasteiger partial charge in [0.05, 0.1) is 33.4 Å². The molecule has 3 aromatic rings. The Hall–Kier alpha value is -4.34. The Morgan fingerprint density at radius 3 is 2.13 bits per heavy atom. The van der Waals surface area contributed by atoms with Gasteiger partial charge in [-0.15, -0.1) is 0 Å². The predicted molar refractivity (Wildman–Crippen MR) is 107 cm³/mol. The van der Waals surface area contributed by atoms with Gasteiger partial charge in [0.15, 0.2) is 11.5 Å². The summed E-state index contributed by atoms with van der Waals surface area (Å²) < 4.78 is 12.2. The third-order valence-corrected chi connectivity index (χ3v) is 5.05. The second kappa shape index (κ2) is 6.34. The second-order valence-electron chi connectivity index (χ2n) is 6.85. The molecule has 0 bridgehead atoms. The topological polar surface area (TPSA) is 129 Å². The molecule has 0 spiro atoms. The first-order chi connectivity index (χ1) is 14.5. The van der Waals surface area contributed by atoms with E-state index >= 15 is 0 Å². The van der Waals surface area contributed by atoms with E-state index in [1.165, 1.54) is 24.3 Å². The van der Waals surface area contributed by atoms with Crippen LogP contribution < -0.4 is 20.1 Å². The number of nitro benzene ring substituents is 2. The first kappa shape index (κ1) is 17.7. The summed E-state index contributed by atoms with van der Waals surface area (Å²) in [7, 11) is 0. The van der Waals surface area contributed by atoms with Crippen LogP contribution in [0.4, 0.5) is 22.7 Å². The molecule has 2 unspecified atom stereocenters. The van der Waals surface area contributed by atoms with Crippen molar-refractivity contribution >= 4 is 22.7 Å². The molecule has 0 saturated carbocycles. The number of fused-ring (bicyclic) bond motifs is 2. The Labute approximate surface area is 169 Å². The van der Waals surface area contributed by atoms with Crippen LogP contribution in [0.2, 0.25) is 0 Å². The molecule has 10 heteroatoms. The molecule has 0 saturated heterocycles. The first-order valence-corrected chi connectivity index (χ1v) is 8.99. The van der Waals surface area contributed by atoms with Crippen molar-refractivity contribution in [2.45, 2.75) is 12.0 Å². The molecule has 2 heterocycles. The number of nitrogens with one attached hydrogen (secondary N) is 2. The average molecular weight is 406 g/mol. The largest absolute Gasteiger partial charge is 0.461 e. The maximum atomic E-state index is 11.2. The Morgan fingerprint density at radius 1 is 0.833 bits per heavy atom. The highest BCUT2D eigenvalue weighted by Crippen LogP contribution is 2.48. The number of non-ortho nitro benzene ring substituents is 2. The molecule has 0 aromatic heterocycles. The summed E-state index contributed by atoms with van der Waals surface area (Å²) in [6.45, 7) is 0. The van der Waals surface area contributed by atoms with Crippen molar-refractivity contribution in [3.05, 3.63) is 92.5 Å². The standard InChI is InChI=1S/C20H14N4O6/c25-23(26)13-6-8-15-17(10-13)29-19(21-15)20(12-4-2-1-3-5-12)22-16-9-7-14(24(27)28)11-18(16)30-20/h1-11,19,21-22H. The lowest BCUT2D eigenvalue weighted by Gasteiger charge is -2.34. The maximum absolute atomic E-state index is 11.2. The van der Waals surface area contributed by atoms with E-state index in [2.05, 4.69) is 10.6 Å². The quantitative estimate of drug-likeness (QED) is 0.491. The van der Waals surface area contributed by atoms with Crippen LogP contribution in [-0.4, -0.2) is 16.1 Å². The molecule has 2 aliphatic heterocycles. The normalized spacial score (nSPS) is 20.7. The molecule has 0 radical (unpaired) electrons. The van der Waals surface area contributed by atoms with Gasteiger partial charge in [0.25, 0.3) is 17.1 Å². The summed E-state index contributed by atoms with van der Waals surface area (Å²) in [5.74, 6) is 0.622. The van der Waals surface area contributed by atoms with Crippen molar-refractivity contribution in [1.82, 2.24) is 0 Å². The highest BCUT2D eigenvalue weighted by Gasteiger charge is 2.52. The van der Waals surface area contributed by atoms with Crippen LogP contribution in [0.5, 0.6) is 11.5 Å². The lowest BCUT2D eigenvalue weighted by Crippen LogP contribution is -2.53. The van der Waals surface area contributed by atoms with Gasteiger partial charge in [-0.1, -0.05) is 30.3 Å². The number of hydrogen-bond donors (Lipinski definition) is 2. The van der Waals surface area contributed by atoms with Gasteiger partial charge in [0.1, 0.15) is 0 Å². The van der Waals surface area contributed by atoms with Crippen molar-refractivity contribution in [3.63, 3.8) is 0 Å². The van der Waals surface area contributed by atoms with Crippen LogP contribution in [-0.2, 0) is 5.72 Å². The Morgan fingerprint density at radius 2 is 1.47 bits per heavy atom. The number of nitrogens with zero attached hydrogens (tertiary/aromatic N) is 2.